The molecule has 0 heterocycles. The quantitative estimate of drug-likeness (QED) is 0.101. The minimum atomic E-state index is 0.552. The molecule has 0 aliphatic rings. The predicted octanol–water partition coefficient (Wildman–Crippen LogP) is 5.45. The van der Waals surface area contributed by atoms with Gasteiger partial charge >= 0.3 is 0 Å². The molecule has 37 heavy (non-hydrogen) atoms. The number of ether oxygens (including phenoxy) is 8. The highest BCUT2D eigenvalue weighted by molar-refractivity contribution is 4.48. The standard InChI is InChI=1S/C29H60O8/c1-3-5-6-7-8-9-10-11-12-13-14-15-31-18-19-33-22-23-35-26-27-37-29-28-36-25-24-34-21-20-32-17-16-30-4-2/h3-29H2,1-2H3. The molecule has 0 unspecified atom stereocenters. The molecule has 0 amide bonds. The van der Waals surface area contributed by atoms with Crippen molar-refractivity contribution >= 4 is 0 Å². The molecule has 0 aliphatic heterocycles. The molecule has 0 aliphatic carbocycles. The largest absolute Gasteiger partial charge is 0.379 e. The second-order valence-corrected chi connectivity index (χ2v) is 9.02. The second-order valence-electron chi connectivity index (χ2n) is 9.02. The summed E-state index contributed by atoms with van der Waals surface area (Å²) in [6.07, 6.45) is 14.9. The third-order valence-corrected chi connectivity index (χ3v) is 5.70. The summed E-state index contributed by atoms with van der Waals surface area (Å²) in [4.78, 5) is 0. The van der Waals surface area contributed by atoms with Crippen LogP contribution >= 0.6 is 0 Å². The molecule has 0 aromatic heterocycles. The van der Waals surface area contributed by atoms with Gasteiger partial charge in [-0.3, -0.25) is 0 Å². The fraction of sp³-hybridized carbons (Fsp3) is 1.00. The van der Waals surface area contributed by atoms with E-state index in [1.807, 2.05) is 6.92 Å². The fourth-order valence-corrected chi connectivity index (χ4v) is 3.55. The monoisotopic (exact) mass is 536 g/mol. The SMILES string of the molecule is CCCCCCCCCCCCCOCCOCCOCCOCCOCCOCCOCCOCC. The summed E-state index contributed by atoms with van der Waals surface area (Å²) in [5.41, 5.74) is 0. The van der Waals surface area contributed by atoms with E-state index in [1.54, 1.807) is 0 Å². The molecule has 8 heteroatoms. The Morgan fingerprint density at radius 2 is 0.486 bits per heavy atom. The fourth-order valence-electron chi connectivity index (χ4n) is 3.55. The average molecular weight is 537 g/mol. The Labute approximate surface area is 228 Å². The maximum Gasteiger partial charge on any atom is 0.0701 e. The molecule has 0 atom stereocenters. The van der Waals surface area contributed by atoms with Gasteiger partial charge < -0.3 is 37.9 Å². The van der Waals surface area contributed by atoms with E-state index >= 15 is 0 Å². The predicted molar refractivity (Wildman–Crippen MR) is 149 cm³/mol. The van der Waals surface area contributed by atoms with E-state index < -0.39 is 0 Å². The van der Waals surface area contributed by atoms with Gasteiger partial charge in [0, 0.05) is 13.2 Å². The lowest BCUT2D eigenvalue weighted by molar-refractivity contribution is -0.0229. The van der Waals surface area contributed by atoms with Crippen LogP contribution in [0, 0.1) is 0 Å². The molecule has 0 fully saturated rings. The molecule has 8 nitrogen and oxygen atoms in total. The molecule has 0 aromatic carbocycles. The Morgan fingerprint density at radius 3 is 0.784 bits per heavy atom. The van der Waals surface area contributed by atoms with Gasteiger partial charge in [0.25, 0.3) is 0 Å². The lowest BCUT2D eigenvalue weighted by atomic mass is 10.1. The van der Waals surface area contributed by atoms with Crippen molar-refractivity contribution in [2.45, 2.75) is 84.5 Å². The van der Waals surface area contributed by atoms with Crippen LogP contribution in [0.4, 0.5) is 0 Å². The van der Waals surface area contributed by atoms with E-state index in [0.29, 0.717) is 92.5 Å². The van der Waals surface area contributed by atoms with Gasteiger partial charge in [-0.15, -0.1) is 0 Å². The van der Waals surface area contributed by atoms with Crippen LogP contribution in [-0.4, -0.2) is 106 Å². The van der Waals surface area contributed by atoms with Gasteiger partial charge in [0.15, 0.2) is 0 Å². The Kier molecular flexibility index (Phi) is 35.4. The first-order valence-electron chi connectivity index (χ1n) is 15.0. The molecule has 0 rings (SSSR count). The van der Waals surface area contributed by atoms with Gasteiger partial charge in [-0.05, 0) is 13.3 Å². The third-order valence-electron chi connectivity index (χ3n) is 5.70. The highest BCUT2D eigenvalue weighted by atomic mass is 16.6. The molecule has 0 N–H and O–H groups in total. The highest BCUT2D eigenvalue weighted by Gasteiger charge is 1.96. The number of hydrogen-bond acceptors (Lipinski definition) is 8. The van der Waals surface area contributed by atoms with Gasteiger partial charge in [0.1, 0.15) is 0 Å². The second kappa shape index (κ2) is 35.7. The van der Waals surface area contributed by atoms with E-state index in [1.165, 1.54) is 64.2 Å². The van der Waals surface area contributed by atoms with Crippen LogP contribution in [0.2, 0.25) is 0 Å². The van der Waals surface area contributed by atoms with Gasteiger partial charge in [-0.1, -0.05) is 71.1 Å². The Hall–Kier alpha value is -0.320. The molecule has 0 aromatic rings. The average Bonchev–Trinajstić information content (AvgIpc) is 2.91. The molecule has 224 valence electrons. The summed E-state index contributed by atoms with van der Waals surface area (Å²) in [5.74, 6) is 0. The van der Waals surface area contributed by atoms with Crippen LogP contribution in [0.25, 0.3) is 0 Å². The lowest BCUT2D eigenvalue weighted by Gasteiger charge is -2.08. The van der Waals surface area contributed by atoms with Crippen molar-refractivity contribution in [1.29, 1.82) is 0 Å². The number of hydrogen-bond donors (Lipinski definition) is 0. The van der Waals surface area contributed by atoms with E-state index in [2.05, 4.69) is 6.92 Å². The summed E-state index contributed by atoms with van der Waals surface area (Å²) < 4.78 is 43.6. The molecule has 0 bridgehead atoms. The Bertz CT molecular complexity index is 353. The lowest BCUT2D eigenvalue weighted by Crippen LogP contribution is -2.15. The van der Waals surface area contributed by atoms with Crippen LogP contribution in [-0.2, 0) is 37.9 Å². The topological polar surface area (TPSA) is 73.8 Å². The molecular weight excluding hydrogens is 476 g/mol. The van der Waals surface area contributed by atoms with Crippen molar-refractivity contribution in [3.05, 3.63) is 0 Å². The first-order chi connectivity index (χ1) is 18.4. The summed E-state index contributed by atoms with van der Waals surface area (Å²) in [5, 5.41) is 0. The first kappa shape index (κ1) is 36.7. The number of rotatable bonds is 34. The van der Waals surface area contributed by atoms with Crippen molar-refractivity contribution in [2.24, 2.45) is 0 Å². The smallest absolute Gasteiger partial charge is 0.0701 e. The van der Waals surface area contributed by atoms with Crippen LogP contribution < -0.4 is 0 Å². The minimum absolute atomic E-state index is 0.552. The summed E-state index contributed by atoms with van der Waals surface area (Å²) >= 11 is 0. The molecule has 0 saturated carbocycles. The number of unbranched alkanes of at least 4 members (excludes halogenated alkanes) is 10. The van der Waals surface area contributed by atoms with Crippen molar-refractivity contribution < 1.29 is 37.9 Å². The Balaban J connectivity index is 3.00. The van der Waals surface area contributed by atoms with Crippen molar-refractivity contribution in [3.8, 4) is 0 Å². The summed E-state index contributed by atoms with van der Waals surface area (Å²) in [6, 6.07) is 0. The van der Waals surface area contributed by atoms with Crippen molar-refractivity contribution in [2.75, 3.05) is 106 Å². The van der Waals surface area contributed by atoms with E-state index in [4.69, 9.17) is 37.9 Å². The van der Waals surface area contributed by atoms with Gasteiger partial charge in [-0.2, -0.15) is 0 Å². The third kappa shape index (κ3) is 35.7. The van der Waals surface area contributed by atoms with E-state index in [0.717, 1.165) is 19.6 Å². The summed E-state index contributed by atoms with van der Waals surface area (Å²) in [7, 11) is 0. The van der Waals surface area contributed by atoms with Crippen LogP contribution in [0.5, 0.6) is 0 Å². The zero-order valence-corrected chi connectivity index (χ0v) is 24.4. The molecular formula is C29H60O8. The van der Waals surface area contributed by atoms with Crippen LogP contribution in [0.1, 0.15) is 84.5 Å². The van der Waals surface area contributed by atoms with E-state index in [-0.39, 0.29) is 0 Å². The molecule has 0 spiro atoms. The maximum absolute atomic E-state index is 5.64. The van der Waals surface area contributed by atoms with Gasteiger partial charge in [0.2, 0.25) is 0 Å². The zero-order valence-electron chi connectivity index (χ0n) is 24.4. The van der Waals surface area contributed by atoms with E-state index in [9.17, 15) is 0 Å². The molecule has 0 saturated heterocycles. The minimum Gasteiger partial charge on any atom is -0.379 e. The molecule has 0 radical (unpaired) electrons. The van der Waals surface area contributed by atoms with Crippen molar-refractivity contribution in [3.63, 3.8) is 0 Å². The normalized spacial score (nSPS) is 11.5. The van der Waals surface area contributed by atoms with Gasteiger partial charge in [0.05, 0.1) is 92.5 Å². The van der Waals surface area contributed by atoms with Crippen LogP contribution in [0.3, 0.4) is 0 Å². The maximum atomic E-state index is 5.64. The summed E-state index contributed by atoms with van der Waals surface area (Å²) in [6.45, 7) is 14.0. The highest BCUT2D eigenvalue weighted by Crippen LogP contribution is 2.11. The van der Waals surface area contributed by atoms with Crippen molar-refractivity contribution in [1.82, 2.24) is 0 Å². The zero-order chi connectivity index (χ0) is 26.7. The Morgan fingerprint density at radius 1 is 0.243 bits per heavy atom. The van der Waals surface area contributed by atoms with Crippen LogP contribution in [0.15, 0.2) is 0 Å². The van der Waals surface area contributed by atoms with Gasteiger partial charge in [-0.25, -0.2) is 0 Å². The first-order valence-corrected chi connectivity index (χ1v) is 15.0.